The van der Waals surface area contributed by atoms with Crippen molar-refractivity contribution in [3.05, 3.63) is 102 Å². The normalized spacial score (nSPS) is 15.8. The molecular weight excluding hydrogens is 513 g/mol. The van der Waals surface area contributed by atoms with Gasteiger partial charge in [0.2, 0.25) is 11.8 Å². The van der Waals surface area contributed by atoms with E-state index in [4.69, 9.17) is 28.9 Å². The molecule has 0 atom stereocenters. The monoisotopic (exact) mass is 547 g/mol. The standard InChI is InChI=1S/C33H34BN3O4/c1-32(2)33(3,4)41-34(40-32)25-16-17-26-28(20-25)37(5)36-30(26)27-18-19-29(38-21-23-12-8-6-9-13-23)35-31(27)39-22-24-14-10-7-11-15-24/h6-20H,21-22H2,1-5H3. The van der Waals surface area contributed by atoms with E-state index in [0.717, 1.165) is 38.8 Å². The van der Waals surface area contributed by atoms with Crippen LogP contribution in [0.25, 0.3) is 22.2 Å². The molecular formula is C33H34BN3O4. The number of aryl methyl sites for hydroxylation is 1. The van der Waals surface area contributed by atoms with E-state index in [1.807, 2.05) is 90.6 Å². The second kappa shape index (κ2) is 10.7. The lowest BCUT2D eigenvalue weighted by Gasteiger charge is -2.32. The van der Waals surface area contributed by atoms with Gasteiger partial charge in [0, 0.05) is 18.5 Å². The molecule has 3 aromatic carbocycles. The van der Waals surface area contributed by atoms with Gasteiger partial charge in [0.05, 0.1) is 22.3 Å². The zero-order valence-corrected chi connectivity index (χ0v) is 24.1. The van der Waals surface area contributed by atoms with Crippen LogP contribution in [0.2, 0.25) is 0 Å². The van der Waals surface area contributed by atoms with Gasteiger partial charge in [-0.3, -0.25) is 4.68 Å². The fourth-order valence-corrected chi connectivity index (χ4v) is 4.85. The molecule has 2 aromatic heterocycles. The van der Waals surface area contributed by atoms with E-state index < -0.39 is 18.3 Å². The highest BCUT2D eigenvalue weighted by atomic mass is 16.7. The van der Waals surface area contributed by atoms with Crippen molar-refractivity contribution in [2.24, 2.45) is 7.05 Å². The maximum Gasteiger partial charge on any atom is 0.494 e. The first kappa shape index (κ1) is 27.1. The molecule has 0 spiro atoms. The largest absolute Gasteiger partial charge is 0.494 e. The Morgan fingerprint density at radius 3 is 2.00 bits per heavy atom. The second-order valence-electron chi connectivity index (χ2n) is 11.4. The number of aromatic nitrogens is 3. The Morgan fingerprint density at radius 1 is 0.756 bits per heavy atom. The summed E-state index contributed by atoms with van der Waals surface area (Å²) in [4.78, 5) is 4.77. The molecule has 0 N–H and O–H groups in total. The van der Waals surface area contributed by atoms with E-state index in [1.165, 1.54) is 0 Å². The molecule has 8 heteroatoms. The van der Waals surface area contributed by atoms with Crippen LogP contribution in [0.15, 0.2) is 91.0 Å². The highest BCUT2D eigenvalue weighted by Crippen LogP contribution is 2.38. The fourth-order valence-electron chi connectivity index (χ4n) is 4.85. The third-order valence-corrected chi connectivity index (χ3v) is 7.94. The lowest BCUT2D eigenvalue weighted by molar-refractivity contribution is 0.00578. The molecule has 0 radical (unpaired) electrons. The predicted molar refractivity (Wildman–Crippen MR) is 161 cm³/mol. The Balaban J connectivity index is 1.34. The summed E-state index contributed by atoms with van der Waals surface area (Å²) >= 11 is 0. The van der Waals surface area contributed by atoms with Gasteiger partial charge < -0.3 is 18.8 Å². The minimum Gasteiger partial charge on any atom is -0.473 e. The van der Waals surface area contributed by atoms with Crippen molar-refractivity contribution in [1.82, 2.24) is 14.8 Å². The molecule has 0 bridgehead atoms. The highest BCUT2D eigenvalue weighted by Gasteiger charge is 2.51. The molecule has 41 heavy (non-hydrogen) atoms. The van der Waals surface area contributed by atoms with Gasteiger partial charge >= 0.3 is 7.12 Å². The molecule has 1 fully saturated rings. The lowest BCUT2D eigenvalue weighted by atomic mass is 9.78. The maximum absolute atomic E-state index is 6.30. The van der Waals surface area contributed by atoms with E-state index in [1.54, 1.807) is 0 Å². The molecule has 0 aliphatic carbocycles. The van der Waals surface area contributed by atoms with Crippen LogP contribution in [0.4, 0.5) is 0 Å². The molecule has 1 aliphatic rings. The van der Waals surface area contributed by atoms with Gasteiger partial charge in [-0.15, -0.1) is 0 Å². The van der Waals surface area contributed by atoms with Crippen molar-refractivity contribution in [1.29, 1.82) is 0 Å². The number of ether oxygens (including phenoxy) is 2. The average molecular weight is 547 g/mol. The Hall–Kier alpha value is -4.14. The Bertz CT molecular complexity index is 1650. The van der Waals surface area contributed by atoms with Gasteiger partial charge in [-0.1, -0.05) is 72.8 Å². The van der Waals surface area contributed by atoms with Crippen LogP contribution in [0.3, 0.4) is 0 Å². The van der Waals surface area contributed by atoms with Crippen LogP contribution >= 0.6 is 0 Å². The summed E-state index contributed by atoms with van der Waals surface area (Å²) in [7, 11) is 1.49. The SMILES string of the molecule is Cn1nc(-c2ccc(OCc3ccccc3)nc2OCc2ccccc2)c2ccc(B3OC(C)(C)C(C)(C)O3)cc21. The van der Waals surface area contributed by atoms with Crippen molar-refractivity contribution in [2.75, 3.05) is 0 Å². The van der Waals surface area contributed by atoms with Gasteiger partial charge in [0.1, 0.15) is 18.9 Å². The van der Waals surface area contributed by atoms with Gasteiger partial charge in [-0.05, 0) is 56.4 Å². The van der Waals surface area contributed by atoms with Gasteiger partial charge in [-0.25, -0.2) is 0 Å². The van der Waals surface area contributed by atoms with Crippen LogP contribution in [0.5, 0.6) is 11.8 Å². The van der Waals surface area contributed by atoms with Crippen LogP contribution in [-0.2, 0) is 29.6 Å². The molecule has 6 rings (SSSR count). The summed E-state index contributed by atoms with van der Waals surface area (Å²) in [6.07, 6.45) is 0. The summed E-state index contributed by atoms with van der Waals surface area (Å²) in [5.74, 6) is 0.957. The van der Waals surface area contributed by atoms with E-state index in [9.17, 15) is 0 Å². The molecule has 208 valence electrons. The van der Waals surface area contributed by atoms with Crippen molar-refractivity contribution in [3.8, 4) is 23.0 Å². The summed E-state index contributed by atoms with van der Waals surface area (Å²) in [6.45, 7) is 9.03. The third kappa shape index (κ3) is 5.45. The topological polar surface area (TPSA) is 67.6 Å². The number of fused-ring (bicyclic) bond motifs is 1. The molecule has 1 aliphatic heterocycles. The number of benzene rings is 3. The number of rotatable bonds is 8. The van der Waals surface area contributed by atoms with E-state index >= 15 is 0 Å². The van der Waals surface area contributed by atoms with Crippen molar-refractivity contribution in [2.45, 2.75) is 52.1 Å². The molecule has 3 heterocycles. The van der Waals surface area contributed by atoms with Gasteiger partial charge in [0.15, 0.2) is 0 Å². The first-order valence-electron chi connectivity index (χ1n) is 13.9. The van der Waals surface area contributed by atoms with Crippen LogP contribution in [0.1, 0.15) is 38.8 Å². The Morgan fingerprint density at radius 2 is 1.37 bits per heavy atom. The van der Waals surface area contributed by atoms with E-state index in [2.05, 4.69) is 39.8 Å². The summed E-state index contributed by atoms with van der Waals surface area (Å²) in [6, 6.07) is 30.1. The average Bonchev–Trinajstić information content (AvgIpc) is 3.42. The van der Waals surface area contributed by atoms with Crippen LogP contribution < -0.4 is 14.9 Å². The van der Waals surface area contributed by atoms with Crippen molar-refractivity contribution >= 4 is 23.5 Å². The lowest BCUT2D eigenvalue weighted by Crippen LogP contribution is -2.41. The van der Waals surface area contributed by atoms with E-state index in [-0.39, 0.29) is 0 Å². The zero-order chi connectivity index (χ0) is 28.6. The number of nitrogens with zero attached hydrogens (tertiary/aromatic N) is 3. The van der Waals surface area contributed by atoms with Gasteiger partial charge in [0.25, 0.3) is 0 Å². The summed E-state index contributed by atoms with van der Waals surface area (Å²) in [5.41, 5.74) is 4.79. The number of hydrogen-bond donors (Lipinski definition) is 0. The first-order chi connectivity index (χ1) is 19.7. The number of hydrogen-bond acceptors (Lipinski definition) is 6. The molecule has 0 saturated carbocycles. The molecule has 5 aromatic rings. The Kier molecular flexibility index (Phi) is 7.05. The molecule has 0 unspecified atom stereocenters. The second-order valence-corrected chi connectivity index (χ2v) is 11.4. The summed E-state index contributed by atoms with van der Waals surface area (Å²) < 4.78 is 26.8. The smallest absolute Gasteiger partial charge is 0.473 e. The minimum atomic E-state index is -0.449. The van der Waals surface area contributed by atoms with Crippen LogP contribution in [-0.4, -0.2) is 33.1 Å². The highest BCUT2D eigenvalue weighted by molar-refractivity contribution is 6.62. The minimum absolute atomic E-state index is 0.375. The fraction of sp³-hybridized carbons (Fsp3) is 0.273. The molecule has 7 nitrogen and oxygen atoms in total. The van der Waals surface area contributed by atoms with Crippen molar-refractivity contribution < 1.29 is 18.8 Å². The first-order valence-corrected chi connectivity index (χ1v) is 13.9. The molecule has 1 saturated heterocycles. The zero-order valence-electron chi connectivity index (χ0n) is 24.1. The van der Waals surface area contributed by atoms with Crippen molar-refractivity contribution in [3.63, 3.8) is 0 Å². The van der Waals surface area contributed by atoms with Gasteiger partial charge in [-0.2, -0.15) is 10.1 Å². The van der Waals surface area contributed by atoms with Crippen LogP contribution in [0, 0.1) is 0 Å². The quantitative estimate of drug-likeness (QED) is 0.219. The summed E-state index contributed by atoms with van der Waals surface area (Å²) in [5, 5.41) is 5.88. The van der Waals surface area contributed by atoms with E-state index in [0.29, 0.717) is 25.0 Å². The maximum atomic E-state index is 6.30. The molecule has 0 amide bonds. The third-order valence-electron chi connectivity index (χ3n) is 7.94. The Labute approximate surface area is 241 Å². The predicted octanol–water partition coefficient (Wildman–Crippen LogP) is 6.09. The number of pyridine rings is 1.